The van der Waals surface area contributed by atoms with E-state index >= 15 is 0 Å². The molecule has 0 unspecified atom stereocenters. The summed E-state index contributed by atoms with van der Waals surface area (Å²) in [5, 5.41) is 0. The molecule has 0 atom stereocenters. The number of sulfone groups is 1. The minimum absolute atomic E-state index is 0.290. The first-order valence-corrected chi connectivity index (χ1v) is 8.28. The first-order chi connectivity index (χ1) is 9.90. The molecule has 5 heteroatoms. The van der Waals surface area contributed by atoms with Crippen LogP contribution in [0.25, 0.3) is 0 Å². The summed E-state index contributed by atoms with van der Waals surface area (Å²) in [5.74, 6) is 0.811. The van der Waals surface area contributed by atoms with E-state index in [0.717, 1.165) is 16.9 Å². The van der Waals surface area contributed by atoms with Gasteiger partial charge in [0.15, 0.2) is 9.84 Å². The van der Waals surface area contributed by atoms with Crippen LogP contribution >= 0.6 is 0 Å². The molecule has 0 aliphatic rings. The van der Waals surface area contributed by atoms with Gasteiger partial charge in [0.2, 0.25) is 0 Å². The standard InChI is InChI=1S/C16H17NO3S/c1-12-4-5-13(10-16(12)20-2)11-17-14-6-8-15(9-7-14)21(3,18)19/h4-11H,1-3H3. The number of benzene rings is 2. The maximum atomic E-state index is 11.4. The van der Waals surface area contributed by atoms with Crippen molar-refractivity contribution in [3.05, 3.63) is 53.6 Å². The van der Waals surface area contributed by atoms with E-state index in [1.807, 2.05) is 25.1 Å². The molecule has 110 valence electrons. The zero-order chi connectivity index (χ0) is 15.5. The predicted molar refractivity (Wildman–Crippen MR) is 84.5 cm³/mol. The van der Waals surface area contributed by atoms with Gasteiger partial charge in [-0.2, -0.15) is 0 Å². The summed E-state index contributed by atoms with van der Waals surface area (Å²) in [5.41, 5.74) is 2.68. The molecule has 0 saturated heterocycles. The molecule has 2 aromatic carbocycles. The number of aliphatic imine (C=N–C) groups is 1. The Kier molecular flexibility index (Phi) is 4.43. The second-order valence-corrected chi connectivity index (χ2v) is 6.77. The maximum Gasteiger partial charge on any atom is 0.175 e. The molecule has 0 heterocycles. The third kappa shape index (κ3) is 3.92. The van der Waals surface area contributed by atoms with Crippen molar-refractivity contribution in [2.45, 2.75) is 11.8 Å². The van der Waals surface area contributed by atoms with Crippen LogP contribution in [0, 0.1) is 6.92 Å². The van der Waals surface area contributed by atoms with Gasteiger partial charge in [0, 0.05) is 12.5 Å². The van der Waals surface area contributed by atoms with Gasteiger partial charge >= 0.3 is 0 Å². The van der Waals surface area contributed by atoms with Crippen LogP contribution in [-0.4, -0.2) is 28.0 Å². The molecule has 4 nitrogen and oxygen atoms in total. The molecule has 0 fully saturated rings. The van der Waals surface area contributed by atoms with Gasteiger partial charge in [-0.3, -0.25) is 4.99 Å². The number of ether oxygens (including phenoxy) is 1. The van der Waals surface area contributed by atoms with Crippen LogP contribution in [-0.2, 0) is 9.84 Å². The first kappa shape index (κ1) is 15.3. The Morgan fingerprint density at radius 2 is 1.76 bits per heavy atom. The highest BCUT2D eigenvalue weighted by atomic mass is 32.2. The summed E-state index contributed by atoms with van der Waals surface area (Å²) in [6, 6.07) is 12.3. The zero-order valence-electron chi connectivity index (χ0n) is 12.2. The molecule has 21 heavy (non-hydrogen) atoms. The summed E-state index contributed by atoms with van der Waals surface area (Å²) < 4.78 is 28.0. The Balaban J connectivity index is 2.21. The molecule has 0 radical (unpaired) electrons. The molecule has 0 bridgehead atoms. The van der Waals surface area contributed by atoms with Gasteiger partial charge in [-0.1, -0.05) is 12.1 Å². The lowest BCUT2D eigenvalue weighted by Gasteiger charge is -2.04. The van der Waals surface area contributed by atoms with Gasteiger partial charge < -0.3 is 4.74 Å². The highest BCUT2D eigenvalue weighted by Gasteiger charge is 2.05. The normalized spacial score (nSPS) is 11.8. The van der Waals surface area contributed by atoms with Crippen molar-refractivity contribution in [1.82, 2.24) is 0 Å². The topological polar surface area (TPSA) is 55.7 Å². The Bertz CT molecular complexity index is 763. The van der Waals surface area contributed by atoms with Gasteiger partial charge in [0.1, 0.15) is 5.75 Å². The first-order valence-electron chi connectivity index (χ1n) is 6.39. The fraction of sp³-hybridized carbons (Fsp3) is 0.188. The van der Waals surface area contributed by atoms with Gasteiger partial charge in [0.25, 0.3) is 0 Å². The van der Waals surface area contributed by atoms with E-state index in [9.17, 15) is 8.42 Å². The molecule has 0 saturated carbocycles. The Hall–Kier alpha value is -2.14. The molecule has 0 N–H and O–H groups in total. The average molecular weight is 303 g/mol. The van der Waals surface area contributed by atoms with Crippen molar-refractivity contribution < 1.29 is 13.2 Å². The molecular formula is C16H17NO3S. The van der Waals surface area contributed by atoms with Gasteiger partial charge in [0.05, 0.1) is 17.7 Å². The molecule has 0 amide bonds. The number of hydrogen-bond donors (Lipinski definition) is 0. The summed E-state index contributed by atoms with van der Waals surface area (Å²) in [6.45, 7) is 1.98. The number of aryl methyl sites for hydroxylation is 1. The zero-order valence-corrected chi connectivity index (χ0v) is 13.0. The van der Waals surface area contributed by atoms with Crippen LogP contribution < -0.4 is 4.74 Å². The van der Waals surface area contributed by atoms with E-state index in [2.05, 4.69) is 4.99 Å². The lowest BCUT2D eigenvalue weighted by Crippen LogP contribution is -1.95. The Morgan fingerprint density at radius 1 is 1.10 bits per heavy atom. The van der Waals surface area contributed by atoms with Crippen molar-refractivity contribution in [1.29, 1.82) is 0 Å². The molecular weight excluding hydrogens is 286 g/mol. The predicted octanol–water partition coefficient (Wildman–Crippen LogP) is 3.16. The van der Waals surface area contributed by atoms with Crippen LogP contribution in [0.4, 0.5) is 5.69 Å². The molecule has 0 aliphatic carbocycles. The molecule has 2 aromatic rings. The third-order valence-electron chi connectivity index (χ3n) is 3.06. The quantitative estimate of drug-likeness (QED) is 0.815. The van der Waals surface area contributed by atoms with Crippen molar-refractivity contribution >= 4 is 21.7 Å². The fourth-order valence-corrected chi connectivity index (χ4v) is 2.48. The fourth-order valence-electron chi connectivity index (χ4n) is 1.85. The monoisotopic (exact) mass is 303 g/mol. The minimum Gasteiger partial charge on any atom is -0.496 e. The average Bonchev–Trinajstić information content (AvgIpc) is 2.46. The molecule has 0 aliphatic heterocycles. The second kappa shape index (κ2) is 6.10. The Morgan fingerprint density at radius 3 is 2.33 bits per heavy atom. The highest BCUT2D eigenvalue weighted by molar-refractivity contribution is 7.90. The largest absolute Gasteiger partial charge is 0.496 e. The minimum atomic E-state index is -3.17. The van der Waals surface area contributed by atoms with Gasteiger partial charge in [-0.25, -0.2) is 8.42 Å². The van der Waals surface area contributed by atoms with E-state index < -0.39 is 9.84 Å². The molecule has 0 spiro atoms. The summed E-state index contributed by atoms with van der Waals surface area (Å²) in [4.78, 5) is 4.62. The maximum absolute atomic E-state index is 11.4. The van der Waals surface area contributed by atoms with E-state index in [0.29, 0.717) is 10.6 Å². The lowest BCUT2D eigenvalue weighted by atomic mass is 10.1. The second-order valence-electron chi connectivity index (χ2n) is 4.75. The third-order valence-corrected chi connectivity index (χ3v) is 4.19. The summed E-state index contributed by atoms with van der Waals surface area (Å²) >= 11 is 0. The number of nitrogens with zero attached hydrogens (tertiary/aromatic N) is 1. The molecule has 2 rings (SSSR count). The van der Waals surface area contributed by atoms with E-state index in [1.165, 1.54) is 6.26 Å². The van der Waals surface area contributed by atoms with Crippen LogP contribution in [0.2, 0.25) is 0 Å². The summed E-state index contributed by atoms with van der Waals surface area (Å²) in [6.07, 6.45) is 2.90. The number of rotatable bonds is 4. The number of hydrogen-bond acceptors (Lipinski definition) is 4. The van der Waals surface area contributed by atoms with Gasteiger partial charge in [-0.05, 0) is 48.4 Å². The summed E-state index contributed by atoms with van der Waals surface area (Å²) in [7, 11) is -1.54. The van der Waals surface area contributed by atoms with Crippen molar-refractivity contribution in [2.24, 2.45) is 4.99 Å². The van der Waals surface area contributed by atoms with Crippen LogP contribution in [0.1, 0.15) is 11.1 Å². The highest BCUT2D eigenvalue weighted by Crippen LogP contribution is 2.19. The number of methoxy groups -OCH3 is 1. The van der Waals surface area contributed by atoms with Crippen LogP contribution in [0.5, 0.6) is 5.75 Å². The van der Waals surface area contributed by atoms with Crippen molar-refractivity contribution in [3.8, 4) is 5.75 Å². The Labute approximate surface area is 125 Å². The van der Waals surface area contributed by atoms with E-state index in [4.69, 9.17) is 4.74 Å². The smallest absolute Gasteiger partial charge is 0.175 e. The van der Waals surface area contributed by atoms with E-state index in [1.54, 1.807) is 37.6 Å². The van der Waals surface area contributed by atoms with Crippen molar-refractivity contribution in [3.63, 3.8) is 0 Å². The van der Waals surface area contributed by atoms with Crippen LogP contribution in [0.15, 0.2) is 52.4 Å². The SMILES string of the molecule is COc1cc(C=Nc2ccc(S(C)(=O)=O)cc2)ccc1C. The van der Waals surface area contributed by atoms with Gasteiger partial charge in [-0.15, -0.1) is 0 Å². The lowest BCUT2D eigenvalue weighted by molar-refractivity contribution is 0.411. The van der Waals surface area contributed by atoms with Crippen molar-refractivity contribution in [2.75, 3.05) is 13.4 Å². The van der Waals surface area contributed by atoms with Crippen LogP contribution in [0.3, 0.4) is 0 Å². The van der Waals surface area contributed by atoms with E-state index in [-0.39, 0.29) is 0 Å². The molecule has 0 aromatic heterocycles.